The molecule has 4 rings (SSSR count). The molecule has 1 aromatic carbocycles. The molecule has 3 heterocycles. The molecular weight excluding hydrogens is 340 g/mol. The van der Waals surface area contributed by atoms with E-state index in [0.717, 1.165) is 22.2 Å². The fourth-order valence-corrected chi connectivity index (χ4v) is 3.20. The van der Waals surface area contributed by atoms with Gasteiger partial charge in [-0.3, -0.25) is 9.59 Å². The Labute approximate surface area is 148 Å². The number of aromatic nitrogens is 2. The van der Waals surface area contributed by atoms with Crippen LogP contribution in [0.15, 0.2) is 41.3 Å². The van der Waals surface area contributed by atoms with Gasteiger partial charge in [0.2, 0.25) is 5.91 Å². The van der Waals surface area contributed by atoms with Crippen molar-refractivity contribution < 1.29 is 4.79 Å². The third-order valence-corrected chi connectivity index (χ3v) is 4.52. The van der Waals surface area contributed by atoms with Crippen LogP contribution in [0, 0.1) is 0 Å². The lowest BCUT2D eigenvalue weighted by molar-refractivity contribution is -0.115. The number of hydrogen-bond donors (Lipinski definition) is 3. The summed E-state index contributed by atoms with van der Waals surface area (Å²) < 4.78 is 0. The van der Waals surface area contributed by atoms with Gasteiger partial charge < -0.3 is 15.6 Å². The first-order valence-electron chi connectivity index (χ1n) is 7.87. The minimum Gasteiger partial charge on any atom is -0.363 e. The summed E-state index contributed by atoms with van der Waals surface area (Å²) in [5, 5.41) is 7.45. The third kappa shape index (κ3) is 2.96. The number of nitrogens with zero attached hydrogens (tertiary/aromatic N) is 1. The molecule has 0 spiro atoms. The number of amides is 1. The van der Waals surface area contributed by atoms with Crippen molar-refractivity contribution in [3.05, 3.63) is 63.0 Å². The van der Waals surface area contributed by atoms with E-state index in [1.54, 1.807) is 18.3 Å². The van der Waals surface area contributed by atoms with Crippen molar-refractivity contribution >= 4 is 39.9 Å². The molecular formula is C18H15ClN4O2. The summed E-state index contributed by atoms with van der Waals surface area (Å²) in [5.74, 6) is 0.582. The van der Waals surface area contributed by atoms with Gasteiger partial charge in [-0.15, -0.1) is 0 Å². The molecule has 0 aliphatic carbocycles. The van der Waals surface area contributed by atoms with Gasteiger partial charge >= 0.3 is 0 Å². The Morgan fingerprint density at radius 1 is 1.24 bits per heavy atom. The lowest BCUT2D eigenvalue weighted by atomic mass is 10.1. The zero-order valence-corrected chi connectivity index (χ0v) is 14.1. The molecule has 0 bridgehead atoms. The molecule has 6 nitrogen and oxygen atoms in total. The number of nitrogens with one attached hydrogen (secondary N) is 3. The Bertz CT molecular complexity index is 1060. The Hall–Kier alpha value is -2.86. The van der Waals surface area contributed by atoms with Gasteiger partial charge in [-0.1, -0.05) is 11.6 Å². The second kappa shape index (κ2) is 5.89. The van der Waals surface area contributed by atoms with Gasteiger partial charge in [-0.05, 0) is 42.8 Å². The van der Waals surface area contributed by atoms with Gasteiger partial charge in [0.25, 0.3) is 5.56 Å². The van der Waals surface area contributed by atoms with E-state index in [9.17, 15) is 9.59 Å². The fourth-order valence-electron chi connectivity index (χ4n) is 3.02. The number of carbonyl (C=O) groups is 1. The van der Waals surface area contributed by atoms with Crippen LogP contribution in [0.5, 0.6) is 0 Å². The molecule has 0 saturated carbocycles. The quantitative estimate of drug-likeness (QED) is 0.673. The van der Waals surface area contributed by atoms with E-state index in [2.05, 4.69) is 20.6 Å². The van der Waals surface area contributed by atoms with Crippen LogP contribution >= 0.6 is 11.6 Å². The minimum atomic E-state index is -0.261. The molecule has 0 saturated heterocycles. The van der Waals surface area contributed by atoms with Crippen LogP contribution in [0.4, 0.5) is 11.5 Å². The number of carbonyl (C=O) groups excluding carboxylic acids is 1. The summed E-state index contributed by atoms with van der Waals surface area (Å²) in [7, 11) is 0. The van der Waals surface area contributed by atoms with Crippen molar-refractivity contribution in [2.75, 3.05) is 10.6 Å². The number of hydrogen-bond acceptors (Lipinski definition) is 4. The Morgan fingerprint density at radius 2 is 2.08 bits per heavy atom. The first-order chi connectivity index (χ1) is 12.0. The van der Waals surface area contributed by atoms with Crippen molar-refractivity contribution in [2.45, 2.75) is 19.4 Å². The molecule has 126 valence electrons. The van der Waals surface area contributed by atoms with Crippen LogP contribution < -0.4 is 16.2 Å². The Kier molecular flexibility index (Phi) is 3.69. The van der Waals surface area contributed by atoms with Gasteiger partial charge in [-0.2, -0.15) is 0 Å². The summed E-state index contributed by atoms with van der Waals surface area (Å²) >= 11 is 6.03. The van der Waals surface area contributed by atoms with E-state index in [1.807, 2.05) is 25.1 Å². The molecule has 3 N–H and O–H groups in total. The number of benzene rings is 1. The molecule has 2 aromatic heterocycles. The highest BCUT2D eigenvalue weighted by Crippen LogP contribution is 2.26. The minimum absolute atomic E-state index is 0.0372. The lowest BCUT2D eigenvalue weighted by Crippen LogP contribution is -2.19. The van der Waals surface area contributed by atoms with Crippen molar-refractivity contribution in [1.29, 1.82) is 0 Å². The molecule has 7 heteroatoms. The molecule has 0 fully saturated rings. The SMILES string of the molecule is C[C@H](Nc1cc2c(cn1)NC(=O)C2)c1cc2cc(Cl)ccc2[nH]c1=O. The van der Waals surface area contributed by atoms with Gasteiger partial charge in [-0.25, -0.2) is 4.98 Å². The van der Waals surface area contributed by atoms with Crippen LogP contribution in [0.3, 0.4) is 0 Å². The molecule has 3 aromatic rings. The van der Waals surface area contributed by atoms with Crippen molar-refractivity contribution in [3.63, 3.8) is 0 Å². The predicted molar refractivity (Wildman–Crippen MR) is 98.2 cm³/mol. The highest BCUT2D eigenvalue weighted by molar-refractivity contribution is 6.31. The second-order valence-electron chi connectivity index (χ2n) is 6.10. The van der Waals surface area contributed by atoms with Gasteiger partial charge in [0, 0.05) is 21.5 Å². The summed E-state index contributed by atoms with van der Waals surface area (Å²) in [4.78, 5) is 31.0. The number of anilines is 2. The lowest BCUT2D eigenvalue weighted by Gasteiger charge is -2.15. The maximum Gasteiger partial charge on any atom is 0.253 e. The highest BCUT2D eigenvalue weighted by atomic mass is 35.5. The summed E-state index contributed by atoms with van der Waals surface area (Å²) in [6.45, 7) is 1.89. The van der Waals surface area contributed by atoms with E-state index < -0.39 is 0 Å². The molecule has 1 aliphatic rings. The zero-order valence-electron chi connectivity index (χ0n) is 13.4. The number of rotatable bonds is 3. The van der Waals surface area contributed by atoms with E-state index in [-0.39, 0.29) is 17.5 Å². The van der Waals surface area contributed by atoms with Gasteiger partial charge in [0.05, 0.1) is 24.3 Å². The molecule has 25 heavy (non-hydrogen) atoms. The third-order valence-electron chi connectivity index (χ3n) is 4.28. The topological polar surface area (TPSA) is 86.9 Å². The summed E-state index contributed by atoms with van der Waals surface area (Å²) in [6, 6.07) is 8.74. The molecule has 1 atom stereocenters. The second-order valence-corrected chi connectivity index (χ2v) is 6.54. The standard InChI is InChI=1S/C18H15ClN4O2/c1-9(21-16-6-11-7-17(24)22-15(11)8-20-16)13-5-10-4-12(19)2-3-14(10)23-18(13)25/h2-6,8-9H,7H2,1H3,(H,20,21)(H,22,24)(H,23,25)/t9-/m0/s1. The zero-order chi connectivity index (χ0) is 17.6. The largest absolute Gasteiger partial charge is 0.363 e. The van der Waals surface area contributed by atoms with Crippen molar-refractivity contribution in [3.8, 4) is 0 Å². The molecule has 0 unspecified atom stereocenters. The maximum absolute atomic E-state index is 12.4. The van der Waals surface area contributed by atoms with E-state index in [0.29, 0.717) is 22.8 Å². The van der Waals surface area contributed by atoms with Gasteiger partial charge in [0.15, 0.2) is 0 Å². The van der Waals surface area contributed by atoms with Crippen LogP contribution in [-0.4, -0.2) is 15.9 Å². The number of fused-ring (bicyclic) bond motifs is 2. The Balaban J connectivity index is 1.65. The smallest absolute Gasteiger partial charge is 0.253 e. The number of H-pyrrole nitrogens is 1. The Morgan fingerprint density at radius 3 is 2.92 bits per heavy atom. The fraction of sp³-hybridized carbons (Fsp3) is 0.167. The maximum atomic E-state index is 12.4. The summed E-state index contributed by atoms with van der Waals surface area (Å²) in [6.07, 6.45) is 1.97. The number of pyridine rings is 2. The van der Waals surface area contributed by atoms with Crippen LogP contribution in [0.2, 0.25) is 5.02 Å². The molecule has 0 radical (unpaired) electrons. The summed E-state index contributed by atoms with van der Waals surface area (Å²) in [5.41, 5.74) is 2.81. The van der Waals surface area contributed by atoms with E-state index >= 15 is 0 Å². The molecule has 1 aliphatic heterocycles. The van der Waals surface area contributed by atoms with Crippen LogP contribution in [0.25, 0.3) is 10.9 Å². The van der Waals surface area contributed by atoms with Gasteiger partial charge in [0.1, 0.15) is 5.82 Å². The predicted octanol–water partition coefficient (Wildman–Crippen LogP) is 3.24. The van der Waals surface area contributed by atoms with Crippen LogP contribution in [-0.2, 0) is 11.2 Å². The average molecular weight is 355 g/mol. The first kappa shape index (κ1) is 15.7. The van der Waals surface area contributed by atoms with E-state index in [1.165, 1.54) is 0 Å². The average Bonchev–Trinajstić information content (AvgIpc) is 2.93. The molecule has 1 amide bonds. The van der Waals surface area contributed by atoms with E-state index in [4.69, 9.17) is 11.6 Å². The van der Waals surface area contributed by atoms with Crippen molar-refractivity contribution in [2.24, 2.45) is 0 Å². The first-order valence-corrected chi connectivity index (χ1v) is 8.25. The number of aromatic amines is 1. The normalized spacial score (nSPS) is 14.2. The highest BCUT2D eigenvalue weighted by Gasteiger charge is 2.19. The van der Waals surface area contributed by atoms with Crippen LogP contribution in [0.1, 0.15) is 24.1 Å². The van der Waals surface area contributed by atoms with Crippen molar-refractivity contribution in [1.82, 2.24) is 9.97 Å². The number of halogens is 1. The monoisotopic (exact) mass is 354 g/mol.